The fourth-order valence-corrected chi connectivity index (χ4v) is 0.636. The normalized spacial score (nSPS) is 8.73. The lowest BCUT2D eigenvalue weighted by Crippen LogP contribution is -2.05. The highest BCUT2D eigenvalue weighted by Gasteiger charge is 1.93. The summed E-state index contributed by atoms with van der Waals surface area (Å²) in [6.45, 7) is 6.50. The van der Waals surface area contributed by atoms with Crippen LogP contribution in [-0.2, 0) is 6.54 Å². The second-order valence-electron chi connectivity index (χ2n) is 1.75. The summed E-state index contributed by atoms with van der Waals surface area (Å²) in [5.74, 6) is 0.837. The molecule has 0 radical (unpaired) electrons. The van der Waals surface area contributed by atoms with Gasteiger partial charge in [-0.2, -0.15) is 5.10 Å². The number of hydrogen-bond acceptors (Lipinski definition) is 3. The number of aryl methyl sites for hydroxylation is 1. The Morgan fingerprint density at radius 3 is 2.55 bits per heavy atom. The summed E-state index contributed by atoms with van der Waals surface area (Å²) in [5.41, 5.74) is 0. The molecule has 0 unspecified atom stereocenters. The highest BCUT2D eigenvalue weighted by molar-refractivity contribution is 4.77. The van der Waals surface area contributed by atoms with E-state index in [9.17, 15) is 0 Å². The van der Waals surface area contributed by atoms with Gasteiger partial charge in [-0.3, -0.25) is 0 Å². The molecular weight excluding hydrogens is 142 g/mol. The van der Waals surface area contributed by atoms with Crippen LogP contribution in [0.1, 0.15) is 19.7 Å². The van der Waals surface area contributed by atoms with Crippen LogP contribution in [-0.4, -0.2) is 26.5 Å². The molecule has 64 valence electrons. The maximum absolute atomic E-state index is 8.47. The monoisotopic (exact) mass is 157 g/mol. The van der Waals surface area contributed by atoms with Crippen molar-refractivity contribution in [1.82, 2.24) is 14.8 Å². The summed E-state index contributed by atoms with van der Waals surface area (Å²) >= 11 is 0. The summed E-state index contributed by atoms with van der Waals surface area (Å²) in [6.07, 6.45) is 1.48. The predicted octanol–water partition coefficient (Wildman–Crippen LogP) is 0.605. The van der Waals surface area contributed by atoms with Gasteiger partial charge in [0.25, 0.3) is 0 Å². The minimum atomic E-state index is 0.115. The molecule has 4 heteroatoms. The molecule has 1 aromatic rings. The standard InChI is InChI=1S/C5H9N3O.C2H6/c1-5-6-4-7-8(5)2-3-9;1-2/h4,9H,2-3H2,1H3;1-2H3. The Bertz CT molecular complexity index is 186. The van der Waals surface area contributed by atoms with Crippen LogP contribution in [0.2, 0.25) is 0 Å². The average molecular weight is 157 g/mol. The van der Waals surface area contributed by atoms with Crippen molar-refractivity contribution in [2.75, 3.05) is 6.61 Å². The van der Waals surface area contributed by atoms with E-state index in [-0.39, 0.29) is 6.61 Å². The molecule has 4 nitrogen and oxygen atoms in total. The lowest BCUT2D eigenvalue weighted by atomic mass is 10.6. The van der Waals surface area contributed by atoms with Crippen molar-refractivity contribution in [3.05, 3.63) is 12.2 Å². The van der Waals surface area contributed by atoms with Crippen LogP contribution in [0.15, 0.2) is 6.33 Å². The summed E-state index contributed by atoms with van der Waals surface area (Å²) in [4.78, 5) is 3.88. The molecule has 1 N–H and O–H groups in total. The highest BCUT2D eigenvalue weighted by Crippen LogP contribution is 1.87. The van der Waals surface area contributed by atoms with Crippen LogP contribution in [0, 0.1) is 6.92 Å². The van der Waals surface area contributed by atoms with Crippen LogP contribution >= 0.6 is 0 Å². The van der Waals surface area contributed by atoms with Gasteiger partial charge in [-0.1, -0.05) is 13.8 Å². The van der Waals surface area contributed by atoms with Gasteiger partial charge in [-0.25, -0.2) is 9.67 Å². The third-order valence-electron chi connectivity index (χ3n) is 1.12. The first-order valence-electron chi connectivity index (χ1n) is 3.80. The number of nitrogens with zero attached hydrogens (tertiary/aromatic N) is 3. The van der Waals surface area contributed by atoms with Gasteiger partial charge in [0, 0.05) is 0 Å². The zero-order valence-electron chi connectivity index (χ0n) is 7.28. The zero-order chi connectivity index (χ0) is 8.69. The third-order valence-corrected chi connectivity index (χ3v) is 1.12. The van der Waals surface area contributed by atoms with E-state index in [0.29, 0.717) is 6.54 Å². The Labute approximate surface area is 66.9 Å². The summed E-state index contributed by atoms with van der Waals surface area (Å²) in [7, 11) is 0. The first-order chi connectivity index (χ1) is 5.34. The van der Waals surface area contributed by atoms with Gasteiger partial charge in [0.1, 0.15) is 12.2 Å². The molecule has 1 heterocycles. The summed E-state index contributed by atoms with van der Waals surface area (Å²) in [6, 6.07) is 0. The minimum absolute atomic E-state index is 0.115. The predicted molar refractivity (Wildman–Crippen MR) is 43.2 cm³/mol. The molecule has 0 atom stereocenters. The summed E-state index contributed by atoms with van der Waals surface area (Å²) < 4.78 is 1.65. The molecule has 1 rings (SSSR count). The van der Waals surface area contributed by atoms with Gasteiger partial charge >= 0.3 is 0 Å². The fourth-order valence-electron chi connectivity index (χ4n) is 0.636. The van der Waals surface area contributed by atoms with E-state index in [0.717, 1.165) is 5.82 Å². The molecule has 0 aromatic carbocycles. The average Bonchev–Trinajstić information content (AvgIpc) is 2.42. The first-order valence-corrected chi connectivity index (χ1v) is 3.80. The lowest BCUT2D eigenvalue weighted by molar-refractivity contribution is 0.267. The smallest absolute Gasteiger partial charge is 0.138 e. The molecule has 0 fully saturated rings. The largest absolute Gasteiger partial charge is 0.394 e. The number of hydrogen-bond donors (Lipinski definition) is 1. The molecule has 1 aromatic heterocycles. The number of rotatable bonds is 2. The zero-order valence-corrected chi connectivity index (χ0v) is 7.28. The summed E-state index contributed by atoms with van der Waals surface area (Å²) in [5, 5.41) is 12.3. The quantitative estimate of drug-likeness (QED) is 0.684. The van der Waals surface area contributed by atoms with Crippen molar-refractivity contribution in [1.29, 1.82) is 0 Å². The Morgan fingerprint density at radius 2 is 2.18 bits per heavy atom. The maximum Gasteiger partial charge on any atom is 0.138 e. The molecule has 0 aliphatic rings. The van der Waals surface area contributed by atoms with Gasteiger partial charge < -0.3 is 5.11 Å². The van der Waals surface area contributed by atoms with Crippen molar-refractivity contribution in [2.24, 2.45) is 0 Å². The van der Waals surface area contributed by atoms with E-state index >= 15 is 0 Å². The van der Waals surface area contributed by atoms with E-state index in [2.05, 4.69) is 10.1 Å². The van der Waals surface area contributed by atoms with E-state index in [1.54, 1.807) is 4.68 Å². The maximum atomic E-state index is 8.47. The molecule has 0 aliphatic heterocycles. The van der Waals surface area contributed by atoms with Crippen molar-refractivity contribution in [3.63, 3.8) is 0 Å². The second-order valence-corrected chi connectivity index (χ2v) is 1.75. The minimum Gasteiger partial charge on any atom is -0.394 e. The Kier molecular flexibility index (Phi) is 5.37. The Balaban J connectivity index is 0.000000461. The number of aliphatic hydroxyl groups excluding tert-OH is 1. The van der Waals surface area contributed by atoms with E-state index in [1.165, 1.54) is 6.33 Å². The Hall–Kier alpha value is -0.900. The van der Waals surface area contributed by atoms with Gasteiger partial charge in [-0.05, 0) is 6.92 Å². The van der Waals surface area contributed by atoms with Crippen molar-refractivity contribution in [3.8, 4) is 0 Å². The molecule has 0 aliphatic carbocycles. The molecular formula is C7H15N3O. The lowest BCUT2D eigenvalue weighted by Gasteiger charge is -1.96. The van der Waals surface area contributed by atoms with Gasteiger partial charge in [0.05, 0.1) is 13.2 Å². The molecule has 0 saturated heterocycles. The number of aromatic nitrogens is 3. The number of aliphatic hydroxyl groups is 1. The molecule has 0 amide bonds. The Morgan fingerprint density at radius 1 is 1.55 bits per heavy atom. The molecule has 11 heavy (non-hydrogen) atoms. The SMILES string of the molecule is CC.Cc1ncnn1CCO. The van der Waals surface area contributed by atoms with Crippen LogP contribution in [0.25, 0.3) is 0 Å². The van der Waals surface area contributed by atoms with Crippen molar-refractivity contribution < 1.29 is 5.11 Å². The van der Waals surface area contributed by atoms with Crippen LogP contribution < -0.4 is 0 Å². The van der Waals surface area contributed by atoms with E-state index in [4.69, 9.17) is 5.11 Å². The topological polar surface area (TPSA) is 50.9 Å². The van der Waals surface area contributed by atoms with E-state index in [1.807, 2.05) is 20.8 Å². The molecule has 0 spiro atoms. The van der Waals surface area contributed by atoms with Gasteiger partial charge in [0.15, 0.2) is 0 Å². The van der Waals surface area contributed by atoms with Gasteiger partial charge in [0.2, 0.25) is 0 Å². The van der Waals surface area contributed by atoms with E-state index < -0.39 is 0 Å². The highest BCUT2D eigenvalue weighted by atomic mass is 16.3. The van der Waals surface area contributed by atoms with Crippen molar-refractivity contribution in [2.45, 2.75) is 27.3 Å². The van der Waals surface area contributed by atoms with Crippen LogP contribution in [0.4, 0.5) is 0 Å². The fraction of sp³-hybridized carbons (Fsp3) is 0.714. The third kappa shape index (κ3) is 3.13. The first kappa shape index (κ1) is 10.1. The van der Waals surface area contributed by atoms with Crippen LogP contribution in [0.3, 0.4) is 0 Å². The van der Waals surface area contributed by atoms with Crippen molar-refractivity contribution >= 4 is 0 Å². The molecule has 0 saturated carbocycles. The van der Waals surface area contributed by atoms with Crippen LogP contribution in [0.5, 0.6) is 0 Å². The van der Waals surface area contributed by atoms with Gasteiger partial charge in [-0.15, -0.1) is 0 Å². The molecule has 0 bridgehead atoms. The second kappa shape index (κ2) is 5.85.